The van der Waals surface area contributed by atoms with Gasteiger partial charge >= 0.3 is 6.03 Å². The summed E-state index contributed by atoms with van der Waals surface area (Å²) in [6.45, 7) is 0. The molecule has 5 nitrogen and oxygen atoms in total. The van der Waals surface area contributed by atoms with Crippen LogP contribution in [0.1, 0.15) is 0 Å². The van der Waals surface area contributed by atoms with Crippen LogP contribution in [-0.2, 0) is 0 Å². The summed E-state index contributed by atoms with van der Waals surface area (Å²) in [6, 6.07) is 6.06. The molecule has 0 fully saturated rings. The molecule has 0 aliphatic heterocycles. The number of nitrogens with two attached hydrogens (primary N) is 2. The number of primary amides is 1. The maximum atomic E-state index is 10.8. The molecule has 1 aromatic rings. The fourth-order valence-corrected chi connectivity index (χ4v) is 0.962. The third-order valence-electron chi connectivity index (χ3n) is 1.74. The number of hydrogen-bond donors (Lipinski definition) is 2. The number of carbonyl (C=O) groups is 1. The normalized spacial score (nSPS) is 11.2. The van der Waals surface area contributed by atoms with Crippen LogP contribution in [-0.4, -0.2) is 23.9 Å². The quantitative estimate of drug-likeness (QED) is 0.559. The number of aliphatic imine (C=N–C) groups is 1. The zero-order valence-corrected chi connectivity index (χ0v) is 8.90. The maximum Gasteiger partial charge on any atom is 0.321 e. The average molecular weight is 227 g/mol. The van der Waals surface area contributed by atoms with Crippen LogP contribution in [0.3, 0.4) is 0 Å². The van der Waals surface area contributed by atoms with E-state index in [1.807, 2.05) is 0 Å². The molecule has 0 radical (unpaired) electrons. The van der Waals surface area contributed by atoms with Gasteiger partial charge in [0.1, 0.15) is 0 Å². The zero-order chi connectivity index (χ0) is 11.4. The van der Waals surface area contributed by atoms with Crippen molar-refractivity contribution in [2.75, 3.05) is 7.05 Å². The van der Waals surface area contributed by atoms with E-state index in [2.05, 4.69) is 4.99 Å². The molecule has 6 heteroatoms. The molecule has 0 saturated heterocycles. The molecule has 0 saturated carbocycles. The van der Waals surface area contributed by atoms with E-state index in [1.165, 1.54) is 7.05 Å². The Morgan fingerprint density at radius 3 is 2.33 bits per heavy atom. The highest BCUT2D eigenvalue weighted by Gasteiger charge is 2.06. The first-order valence-electron chi connectivity index (χ1n) is 4.13. The second-order valence-electron chi connectivity index (χ2n) is 2.84. The molecule has 0 spiro atoms. The first-order chi connectivity index (χ1) is 7.00. The van der Waals surface area contributed by atoms with Gasteiger partial charge in [0.05, 0.1) is 5.69 Å². The largest absolute Gasteiger partial charge is 0.369 e. The van der Waals surface area contributed by atoms with Crippen LogP contribution in [0.15, 0.2) is 29.3 Å². The minimum Gasteiger partial charge on any atom is -0.369 e. The molecule has 0 atom stereocenters. The number of urea groups is 1. The van der Waals surface area contributed by atoms with Crippen LogP contribution >= 0.6 is 11.6 Å². The van der Waals surface area contributed by atoms with E-state index in [0.29, 0.717) is 10.7 Å². The molecule has 1 rings (SSSR count). The summed E-state index contributed by atoms with van der Waals surface area (Å²) in [7, 11) is 1.44. The van der Waals surface area contributed by atoms with Crippen molar-refractivity contribution < 1.29 is 4.79 Å². The van der Waals surface area contributed by atoms with Crippen LogP contribution in [0.2, 0.25) is 5.02 Å². The Morgan fingerprint density at radius 1 is 1.33 bits per heavy atom. The van der Waals surface area contributed by atoms with Crippen molar-refractivity contribution in [3.63, 3.8) is 0 Å². The van der Waals surface area contributed by atoms with Crippen LogP contribution in [0.25, 0.3) is 0 Å². The third-order valence-corrected chi connectivity index (χ3v) is 2.00. The standard InChI is InChI=1S/C9H11ClN4O/c1-14(9(12)15)8(11)13-7-4-2-6(10)3-5-7/h2-5H,1H3,(H2,11,13)(H2,12,15). The van der Waals surface area contributed by atoms with E-state index in [-0.39, 0.29) is 5.96 Å². The molecule has 0 aromatic heterocycles. The van der Waals surface area contributed by atoms with Gasteiger partial charge in [-0.15, -0.1) is 0 Å². The van der Waals surface area contributed by atoms with E-state index in [0.717, 1.165) is 4.90 Å². The summed E-state index contributed by atoms with van der Waals surface area (Å²) >= 11 is 5.70. The smallest absolute Gasteiger partial charge is 0.321 e. The fourth-order valence-electron chi connectivity index (χ4n) is 0.836. The first-order valence-corrected chi connectivity index (χ1v) is 4.51. The SMILES string of the molecule is CN(C(N)=O)C(N)=Nc1ccc(Cl)cc1. The van der Waals surface area contributed by atoms with Crippen LogP contribution in [0, 0.1) is 0 Å². The number of hydrogen-bond acceptors (Lipinski definition) is 2. The van der Waals surface area contributed by atoms with E-state index in [4.69, 9.17) is 23.1 Å². The lowest BCUT2D eigenvalue weighted by atomic mass is 10.3. The molecule has 1 aromatic carbocycles. The molecule has 0 aliphatic carbocycles. The number of guanidine groups is 1. The predicted octanol–water partition coefficient (Wildman–Crippen LogP) is 1.30. The van der Waals surface area contributed by atoms with Gasteiger partial charge in [-0.1, -0.05) is 11.6 Å². The number of carbonyl (C=O) groups excluding carboxylic acids is 1. The molecule has 0 aliphatic rings. The molecule has 4 N–H and O–H groups in total. The third kappa shape index (κ3) is 3.14. The molecule has 0 bridgehead atoms. The van der Waals surface area contributed by atoms with Gasteiger partial charge in [0.15, 0.2) is 0 Å². The fraction of sp³-hybridized carbons (Fsp3) is 0.111. The highest BCUT2D eigenvalue weighted by atomic mass is 35.5. The van der Waals surface area contributed by atoms with Crippen molar-refractivity contribution >= 4 is 29.3 Å². The van der Waals surface area contributed by atoms with E-state index in [1.54, 1.807) is 24.3 Å². The summed E-state index contributed by atoms with van der Waals surface area (Å²) in [4.78, 5) is 15.8. The van der Waals surface area contributed by atoms with Gasteiger partial charge in [-0.25, -0.2) is 9.79 Å². The number of benzene rings is 1. The minimum atomic E-state index is -0.662. The Labute approximate surface area is 92.3 Å². The highest BCUT2D eigenvalue weighted by molar-refractivity contribution is 6.30. The van der Waals surface area contributed by atoms with Gasteiger partial charge in [-0.3, -0.25) is 4.90 Å². The molecular formula is C9H11ClN4O. The summed E-state index contributed by atoms with van der Waals surface area (Å²) in [5.74, 6) is 0.0322. The Hall–Kier alpha value is -1.75. The van der Waals surface area contributed by atoms with Gasteiger partial charge in [0.2, 0.25) is 5.96 Å². The van der Waals surface area contributed by atoms with Crippen molar-refractivity contribution in [2.24, 2.45) is 16.5 Å². The van der Waals surface area contributed by atoms with Gasteiger partial charge in [-0.05, 0) is 24.3 Å². The number of rotatable bonds is 1. The van der Waals surface area contributed by atoms with Crippen molar-refractivity contribution in [3.8, 4) is 0 Å². The summed E-state index contributed by atoms with van der Waals surface area (Å²) in [5, 5.41) is 0.607. The zero-order valence-electron chi connectivity index (χ0n) is 8.14. The van der Waals surface area contributed by atoms with E-state index >= 15 is 0 Å². The van der Waals surface area contributed by atoms with Crippen LogP contribution in [0.4, 0.5) is 10.5 Å². The number of nitrogens with zero attached hydrogens (tertiary/aromatic N) is 2. The Balaban J connectivity index is 2.87. The Morgan fingerprint density at radius 2 is 1.87 bits per heavy atom. The first kappa shape index (κ1) is 11.3. The van der Waals surface area contributed by atoms with Crippen LogP contribution in [0.5, 0.6) is 0 Å². The van der Waals surface area contributed by atoms with Crippen molar-refractivity contribution in [1.82, 2.24) is 4.90 Å². The lowest BCUT2D eigenvalue weighted by Crippen LogP contribution is -2.41. The van der Waals surface area contributed by atoms with Gasteiger partial charge in [0.25, 0.3) is 0 Å². The monoisotopic (exact) mass is 226 g/mol. The maximum absolute atomic E-state index is 10.8. The summed E-state index contributed by atoms with van der Waals surface area (Å²) in [6.07, 6.45) is 0. The lowest BCUT2D eigenvalue weighted by Gasteiger charge is -2.12. The van der Waals surface area contributed by atoms with Crippen molar-refractivity contribution in [3.05, 3.63) is 29.3 Å². The second kappa shape index (κ2) is 4.65. The lowest BCUT2D eigenvalue weighted by molar-refractivity contribution is 0.235. The number of halogens is 1. The highest BCUT2D eigenvalue weighted by Crippen LogP contribution is 2.16. The molecule has 80 valence electrons. The topological polar surface area (TPSA) is 84.7 Å². The minimum absolute atomic E-state index is 0.0322. The van der Waals surface area contributed by atoms with E-state index in [9.17, 15) is 4.79 Å². The molecule has 15 heavy (non-hydrogen) atoms. The van der Waals surface area contributed by atoms with Crippen LogP contribution < -0.4 is 11.5 Å². The van der Waals surface area contributed by atoms with Crippen molar-refractivity contribution in [1.29, 1.82) is 0 Å². The summed E-state index contributed by atoms with van der Waals surface area (Å²) < 4.78 is 0. The molecule has 0 heterocycles. The Bertz CT molecular complexity index is 388. The van der Waals surface area contributed by atoms with Gasteiger partial charge in [0, 0.05) is 12.1 Å². The predicted molar refractivity (Wildman–Crippen MR) is 60.1 cm³/mol. The molecular weight excluding hydrogens is 216 g/mol. The summed E-state index contributed by atoms with van der Waals surface area (Å²) in [5.41, 5.74) is 11.2. The molecule has 0 unspecified atom stereocenters. The average Bonchev–Trinajstić information content (AvgIpc) is 2.20. The molecule has 2 amide bonds. The Kier molecular flexibility index (Phi) is 3.51. The second-order valence-corrected chi connectivity index (χ2v) is 3.28. The van der Waals surface area contributed by atoms with E-state index < -0.39 is 6.03 Å². The number of amides is 2. The van der Waals surface area contributed by atoms with Gasteiger partial charge in [-0.2, -0.15) is 0 Å². The van der Waals surface area contributed by atoms with Crippen molar-refractivity contribution in [2.45, 2.75) is 0 Å². The van der Waals surface area contributed by atoms with Gasteiger partial charge < -0.3 is 11.5 Å².